The van der Waals surface area contributed by atoms with Crippen molar-refractivity contribution in [3.05, 3.63) is 66.9 Å². The van der Waals surface area contributed by atoms with Crippen LogP contribution >= 0.6 is 0 Å². The highest BCUT2D eigenvalue weighted by Crippen LogP contribution is 2.32. The summed E-state index contributed by atoms with van der Waals surface area (Å²) in [5, 5.41) is 0.643. The van der Waals surface area contributed by atoms with Crippen molar-refractivity contribution in [1.29, 1.82) is 0 Å². The van der Waals surface area contributed by atoms with Gasteiger partial charge in [-0.3, -0.25) is 9.36 Å². The Hall–Kier alpha value is -3.94. The zero-order chi connectivity index (χ0) is 20.2. The number of nitrogens with two attached hydrogens (primary N) is 1. The number of rotatable bonds is 6. The van der Waals surface area contributed by atoms with Gasteiger partial charge in [-0.2, -0.15) is 0 Å². The number of para-hydroxylation sites is 1. The van der Waals surface area contributed by atoms with Gasteiger partial charge in [0.25, 0.3) is 0 Å². The Labute approximate surface area is 166 Å². The first kappa shape index (κ1) is 18.4. The fourth-order valence-corrected chi connectivity index (χ4v) is 2.99. The van der Waals surface area contributed by atoms with E-state index in [4.69, 9.17) is 15.2 Å². The summed E-state index contributed by atoms with van der Waals surface area (Å²) in [4.78, 5) is 24.7. The van der Waals surface area contributed by atoms with Gasteiger partial charge >= 0.3 is 5.97 Å². The molecule has 2 aromatic carbocycles. The van der Waals surface area contributed by atoms with Gasteiger partial charge < -0.3 is 15.2 Å². The number of anilines is 1. The molecule has 0 atom stereocenters. The number of hydrogen-bond donors (Lipinski definition) is 1. The van der Waals surface area contributed by atoms with E-state index >= 15 is 0 Å². The Morgan fingerprint density at radius 2 is 1.97 bits per heavy atom. The average molecular weight is 389 g/mol. The fraction of sp³-hybridized carbons (Fsp3) is 0.143. The number of esters is 1. The number of nitrogen functional groups attached to an aromatic ring is 1. The van der Waals surface area contributed by atoms with E-state index in [9.17, 15) is 4.79 Å². The zero-order valence-electron chi connectivity index (χ0n) is 15.8. The van der Waals surface area contributed by atoms with E-state index in [1.54, 1.807) is 35.4 Å². The molecule has 0 aliphatic heterocycles. The van der Waals surface area contributed by atoms with Crippen LogP contribution in [-0.2, 0) is 11.2 Å². The molecule has 8 heteroatoms. The summed E-state index contributed by atoms with van der Waals surface area (Å²) in [6.07, 6.45) is 5.54. The standard InChI is InChI=1S/C21H19N5O3/c1-14(27)29-18-8-7-16-19(20(18)22)17(9-12-28-15-5-3-2-4-6-15)25-21(24-16)26-11-10-23-13-26/h2-8,10-11,13H,9,12,22H2,1H3. The molecule has 2 heterocycles. The van der Waals surface area contributed by atoms with Crippen molar-refractivity contribution in [2.75, 3.05) is 12.3 Å². The minimum absolute atomic E-state index is 0.286. The second kappa shape index (κ2) is 7.97. The van der Waals surface area contributed by atoms with Crippen molar-refractivity contribution < 1.29 is 14.3 Å². The lowest BCUT2D eigenvalue weighted by molar-refractivity contribution is -0.131. The maximum Gasteiger partial charge on any atom is 0.308 e. The number of fused-ring (bicyclic) bond motifs is 1. The molecule has 0 saturated carbocycles. The van der Waals surface area contributed by atoms with E-state index in [1.807, 2.05) is 30.3 Å². The summed E-state index contributed by atoms with van der Waals surface area (Å²) < 4.78 is 12.8. The lowest BCUT2D eigenvalue weighted by atomic mass is 10.1. The molecule has 0 fully saturated rings. The largest absolute Gasteiger partial charge is 0.493 e. The molecule has 4 rings (SSSR count). The molecule has 146 valence electrons. The van der Waals surface area contributed by atoms with Crippen molar-refractivity contribution in [1.82, 2.24) is 19.5 Å². The van der Waals surface area contributed by atoms with Gasteiger partial charge in [0.15, 0.2) is 5.75 Å². The van der Waals surface area contributed by atoms with Crippen molar-refractivity contribution in [3.63, 3.8) is 0 Å². The van der Waals surface area contributed by atoms with Crippen molar-refractivity contribution >= 4 is 22.6 Å². The Morgan fingerprint density at radius 1 is 1.14 bits per heavy atom. The summed E-state index contributed by atoms with van der Waals surface area (Å²) in [6.45, 7) is 1.73. The molecule has 0 radical (unpaired) electrons. The fourth-order valence-electron chi connectivity index (χ4n) is 2.99. The third kappa shape index (κ3) is 4.01. The number of aromatic nitrogens is 4. The van der Waals surface area contributed by atoms with Crippen molar-refractivity contribution in [2.24, 2.45) is 0 Å². The van der Waals surface area contributed by atoms with E-state index in [1.165, 1.54) is 6.92 Å². The predicted molar refractivity (Wildman–Crippen MR) is 108 cm³/mol. The van der Waals surface area contributed by atoms with Gasteiger partial charge in [0.05, 0.1) is 23.5 Å². The molecule has 0 bridgehead atoms. The molecule has 2 aromatic heterocycles. The summed E-state index contributed by atoms with van der Waals surface area (Å²) in [5.41, 5.74) is 7.97. The number of imidazole rings is 1. The molecule has 29 heavy (non-hydrogen) atoms. The average Bonchev–Trinajstić information content (AvgIpc) is 3.25. The Kier molecular flexibility index (Phi) is 5.07. The molecular weight excluding hydrogens is 370 g/mol. The number of nitrogens with zero attached hydrogens (tertiary/aromatic N) is 4. The zero-order valence-corrected chi connectivity index (χ0v) is 15.8. The highest BCUT2D eigenvalue weighted by molar-refractivity contribution is 5.96. The van der Waals surface area contributed by atoms with Crippen LogP contribution in [-0.4, -0.2) is 32.1 Å². The van der Waals surface area contributed by atoms with Crippen LogP contribution in [0.5, 0.6) is 11.5 Å². The number of carbonyl (C=O) groups is 1. The Balaban J connectivity index is 1.74. The van der Waals surface area contributed by atoms with Gasteiger partial charge in [-0.15, -0.1) is 0 Å². The van der Waals surface area contributed by atoms with Gasteiger partial charge in [-0.1, -0.05) is 18.2 Å². The normalized spacial score (nSPS) is 10.8. The first-order valence-corrected chi connectivity index (χ1v) is 9.05. The van der Waals surface area contributed by atoms with E-state index in [-0.39, 0.29) is 5.75 Å². The van der Waals surface area contributed by atoms with E-state index in [0.717, 1.165) is 5.75 Å². The molecule has 4 aromatic rings. The van der Waals surface area contributed by atoms with Crippen LogP contribution in [0.1, 0.15) is 12.6 Å². The summed E-state index contributed by atoms with van der Waals surface area (Å²) >= 11 is 0. The van der Waals surface area contributed by atoms with Crippen LogP contribution in [0.15, 0.2) is 61.2 Å². The highest BCUT2D eigenvalue weighted by atomic mass is 16.5. The van der Waals surface area contributed by atoms with Gasteiger partial charge in [-0.25, -0.2) is 15.0 Å². The topological polar surface area (TPSA) is 105 Å². The second-order valence-corrected chi connectivity index (χ2v) is 6.32. The van der Waals surface area contributed by atoms with Crippen molar-refractivity contribution in [3.8, 4) is 17.4 Å². The van der Waals surface area contributed by atoms with Crippen LogP contribution in [0.25, 0.3) is 16.9 Å². The third-order valence-corrected chi connectivity index (χ3v) is 4.27. The molecule has 0 unspecified atom stereocenters. The van der Waals surface area contributed by atoms with Crippen LogP contribution in [0.4, 0.5) is 5.69 Å². The first-order chi connectivity index (χ1) is 14.1. The monoisotopic (exact) mass is 389 g/mol. The Bertz CT molecular complexity index is 1140. The minimum Gasteiger partial charge on any atom is -0.493 e. The third-order valence-electron chi connectivity index (χ3n) is 4.27. The molecule has 0 aliphatic rings. The van der Waals surface area contributed by atoms with E-state index in [0.29, 0.717) is 41.3 Å². The molecular formula is C21H19N5O3. The van der Waals surface area contributed by atoms with Gasteiger partial charge in [0.2, 0.25) is 5.95 Å². The number of benzene rings is 2. The van der Waals surface area contributed by atoms with Crippen molar-refractivity contribution in [2.45, 2.75) is 13.3 Å². The van der Waals surface area contributed by atoms with Gasteiger partial charge in [0.1, 0.15) is 12.1 Å². The van der Waals surface area contributed by atoms with Crippen LogP contribution in [0.3, 0.4) is 0 Å². The van der Waals surface area contributed by atoms with E-state index < -0.39 is 5.97 Å². The lowest BCUT2D eigenvalue weighted by Crippen LogP contribution is -2.10. The number of carbonyl (C=O) groups excluding carboxylic acids is 1. The quantitative estimate of drug-likeness (QED) is 0.307. The van der Waals surface area contributed by atoms with Crippen LogP contribution in [0, 0.1) is 0 Å². The number of ether oxygens (including phenoxy) is 2. The molecule has 0 saturated heterocycles. The molecule has 8 nitrogen and oxygen atoms in total. The first-order valence-electron chi connectivity index (χ1n) is 9.05. The van der Waals surface area contributed by atoms with Gasteiger partial charge in [0, 0.05) is 31.1 Å². The maximum atomic E-state index is 11.4. The second-order valence-electron chi connectivity index (χ2n) is 6.32. The molecule has 0 spiro atoms. The van der Waals surface area contributed by atoms with Gasteiger partial charge in [-0.05, 0) is 24.3 Å². The summed E-state index contributed by atoms with van der Waals surface area (Å²) in [5.74, 6) is 1.09. The van der Waals surface area contributed by atoms with Crippen LogP contribution in [0.2, 0.25) is 0 Å². The molecule has 0 amide bonds. The van der Waals surface area contributed by atoms with Crippen LogP contribution < -0.4 is 15.2 Å². The highest BCUT2D eigenvalue weighted by Gasteiger charge is 2.16. The smallest absolute Gasteiger partial charge is 0.308 e. The summed E-state index contributed by atoms with van der Waals surface area (Å²) in [7, 11) is 0. The predicted octanol–water partition coefficient (Wildman–Crippen LogP) is 2.94. The molecule has 2 N–H and O–H groups in total. The summed E-state index contributed by atoms with van der Waals surface area (Å²) in [6, 6.07) is 12.9. The maximum absolute atomic E-state index is 11.4. The minimum atomic E-state index is -0.444. The van der Waals surface area contributed by atoms with E-state index in [2.05, 4.69) is 15.0 Å². The number of hydrogen-bond acceptors (Lipinski definition) is 7. The SMILES string of the molecule is CC(=O)Oc1ccc2nc(-n3ccnc3)nc(CCOc3ccccc3)c2c1N. The lowest BCUT2D eigenvalue weighted by Gasteiger charge is -2.14. The Morgan fingerprint density at radius 3 is 2.69 bits per heavy atom. The molecule has 0 aliphatic carbocycles.